The van der Waals surface area contributed by atoms with Crippen LogP contribution in [0.25, 0.3) is 0 Å². The molecule has 1 aromatic rings. The summed E-state index contributed by atoms with van der Waals surface area (Å²) >= 11 is 0. The molecule has 1 fully saturated rings. The molecule has 7 heteroatoms. The van der Waals surface area contributed by atoms with Crippen LogP contribution in [-0.2, 0) is 0 Å². The van der Waals surface area contributed by atoms with E-state index in [9.17, 15) is 10.1 Å². The van der Waals surface area contributed by atoms with Crippen LogP contribution in [-0.4, -0.2) is 35.0 Å². The van der Waals surface area contributed by atoms with Crippen molar-refractivity contribution in [3.8, 4) is 0 Å². The molecule has 0 atom stereocenters. The molecule has 0 aliphatic heterocycles. The van der Waals surface area contributed by atoms with Crippen molar-refractivity contribution in [2.45, 2.75) is 26.2 Å². The molecular formula is C12H19N5O2. The summed E-state index contributed by atoms with van der Waals surface area (Å²) in [6.07, 6.45) is 4.63. The molecule has 0 bridgehead atoms. The zero-order valence-corrected chi connectivity index (χ0v) is 11.3. The first kappa shape index (κ1) is 13.5. The van der Waals surface area contributed by atoms with E-state index in [-0.39, 0.29) is 5.69 Å². The summed E-state index contributed by atoms with van der Waals surface area (Å²) in [6.45, 7) is 3.60. The Morgan fingerprint density at radius 1 is 1.58 bits per heavy atom. The van der Waals surface area contributed by atoms with Gasteiger partial charge in [0.1, 0.15) is 6.20 Å². The zero-order valence-electron chi connectivity index (χ0n) is 11.3. The van der Waals surface area contributed by atoms with Gasteiger partial charge in [-0.25, -0.2) is 4.98 Å². The molecular weight excluding hydrogens is 246 g/mol. The van der Waals surface area contributed by atoms with Crippen molar-refractivity contribution in [1.82, 2.24) is 9.97 Å². The summed E-state index contributed by atoms with van der Waals surface area (Å²) in [5.41, 5.74) is -0.0369. The fraction of sp³-hybridized carbons (Fsp3) is 0.667. The van der Waals surface area contributed by atoms with Crippen LogP contribution in [0.1, 0.15) is 26.2 Å². The van der Waals surface area contributed by atoms with Gasteiger partial charge in [-0.1, -0.05) is 6.92 Å². The highest BCUT2D eigenvalue weighted by Crippen LogP contribution is 2.33. The van der Waals surface area contributed by atoms with E-state index >= 15 is 0 Å². The molecule has 1 saturated carbocycles. The lowest BCUT2D eigenvalue weighted by atomic mass is 10.3. The second-order valence-corrected chi connectivity index (χ2v) is 4.91. The van der Waals surface area contributed by atoms with Crippen molar-refractivity contribution >= 4 is 17.5 Å². The first-order valence-electron chi connectivity index (χ1n) is 6.58. The largest absolute Gasteiger partial charge is 0.354 e. The van der Waals surface area contributed by atoms with Crippen molar-refractivity contribution in [2.75, 3.05) is 30.4 Å². The van der Waals surface area contributed by atoms with E-state index in [2.05, 4.69) is 15.3 Å². The fourth-order valence-corrected chi connectivity index (χ4v) is 1.87. The van der Waals surface area contributed by atoms with Crippen LogP contribution < -0.4 is 10.2 Å². The number of hydrogen-bond acceptors (Lipinski definition) is 6. The summed E-state index contributed by atoms with van der Waals surface area (Å²) in [7, 11) is 1.84. The summed E-state index contributed by atoms with van der Waals surface area (Å²) < 4.78 is 0. The number of nitrogens with zero attached hydrogens (tertiary/aromatic N) is 4. The molecule has 0 spiro atoms. The first-order valence-corrected chi connectivity index (χ1v) is 6.58. The van der Waals surface area contributed by atoms with Gasteiger partial charge in [0.25, 0.3) is 0 Å². The number of hydrogen-bond donors (Lipinski definition) is 1. The van der Waals surface area contributed by atoms with Gasteiger partial charge in [-0.2, -0.15) is 4.98 Å². The summed E-state index contributed by atoms with van der Waals surface area (Å²) in [4.78, 5) is 20.7. The molecule has 1 heterocycles. The molecule has 1 N–H and O–H groups in total. The normalized spacial score (nSPS) is 14.2. The predicted octanol–water partition coefficient (Wildman–Crippen LogP) is 2.05. The smallest absolute Gasteiger partial charge is 0.329 e. The van der Waals surface area contributed by atoms with Gasteiger partial charge in [0, 0.05) is 20.1 Å². The lowest BCUT2D eigenvalue weighted by Crippen LogP contribution is -2.23. The highest BCUT2D eigenvalue weighted by atomic mass is 16.6. The van der Waals surface area contributed by atoms with E-state index in [0.29, 0.717) is 17.7 Å². The monoisotopic (exact) mass is 265 g/mol. The van der Waals surface area contributed by atoms with Gasteiger partial charge >= 0.3 is 5.69 Å². The number of nitro groups is 1. The van der Waals surface area contributed by atoms with Gasteiger partial charge in [0.2, 0.25) is 11.8 Å². The molecule has 0 saturated heterocycles. The Morgan fingerprint density at radius 2 is 2.32 bits per heavy atom. The van der Waals surface area contributed by atoms with E-state index < -0.39 is 4.92 Å². The third kappa shape index (κ3) is 3.52. The van der Waals surface area contributed by atoms with Crippen LogP contribution in [0.3, 0.4) is 0 Å². The number of nitrogens with one attached hydrogen (secondary N) is 1. The minimum Gasteiger partial charge on any atom is -0.354 e. The zero-order chi connectivity index (χ0) is 13.8. The maximum absolute atomic E-state index is 11.0. The maximum Gasteiger partial charge on any atom is 0.329 e. The Bertz CT molecular complexity index is 461. The molecule has 0 radical (unpaired) electrons. The van der Waals surface area contributed by atoms with Gasteiger partial charge in [-0.15, -0.1) is 0 Å². The van der Waals surface area contributed by atoms with Crippen molar-refractivity contribution < 1.29 is 4.92 Å². The van der Waals surface area contributed by atoms with Gasteiger partial charge in [-0.3, -0.25) is 10.1 Å². The summed E-state index contributed by atoms with van der Waals surface area (Å²) in [5.74, 6) is 1.49. The maximum atomic E-state index is 11.0. The average Bonchev–Trinajstić information content (AvgIpc) is 3.19. The van der Waals surface area contributed by atoms with Gasteiger partial charge in [0.05, 0.1) is 4.92 Å². The number of anilines is 2. The Hall–Kier alpha value is -1.92. The predicted molar refractivity (Wildman–Crippen MR) is 73.5 cm³/mol. The molecule has 1 aliphatic rings. The molecule has 1 aliphatic carbocycles. The third-order valence-electron chi connectivity index (χ3n) is 3.07. The Morgan fingerprint density at radius 3 is 2.89 bits per heavy atom. The van der Waals surface area contributed by atoms with Gasteiger partial charge < -0.3 is 10.2 Å². The minimum absolute atomic E-state index is 0.0369. The third-order valence-corrected chi connectivity index (χ3v) is 3.07. The second-order valence-electron chi connectivity index (χ2n) is 4.91. The average molecular weight is 265 g/mol. The molecule has 19 heavy (non-hydrogen) atoms. The fourth-order valence-electron chi connectivity index (χ4n) is 1.87. The van der Waals surface area contributed by atoms with Crippen LogP contribution in [0, 0.1) is 16.0 Å². The van der Waals surface area contributed by atoms with Crippen molar-refractivity contribution in [3.63, 3.8) is 0 Å². The van der Waals surface area contributed by atoms with Crippen LogP contribution >= 0.6 is 0 Å². The van der Waals surface area contributed by atoms with Gasteiger partial charge in [-0.05, 0) is 25.2 Å². The standard InChI is InChI=1S/C12H19N5O2/c1-3-6-13-12-14-7-10(17(18)19)11(15-12)16(2)8-9-4-5-9/h7,9H,3-6,8H2,1-2H3,(H,13,14,15). The van der Waals surface area contributed by atoms with Crippen molar-refractivity contribution in [2.24, 2.45) is 5.92 Å². The van der Waals surface area contributed by atoms with Crippen LogP contribution in [0.15, 0.2) is 6.20 Å². The van der Waals surface area contributed by atoms with Crippen molar-refractivity contribution in [3.05, 3.63) is 16.3 Å². The molecule has 7 nitrogen and oxygen atoms in total. The van der Waals surface area contributed by atoms with E-state index in [4.69, 9.17) is 0 Å². The van der Waals surface area contributed by atoms with E-state index in [1.807, 2.05) is 18.9 Å². The first-order chi connectivity index (χ1) is 9.11. The number of rotatable bonds is 7. The molecule has 0 unspecified atom stereocenters. The minimum atomic E-state index is -0.428. The van der Waals surface area contributed by atoms with Gasteiger partial charge in [0.15, 0.2) is 0 Å². The van der Waals surface area contributed by atoms with Crippen LogP contribution in [0.2, 0.25) is 0 Å². The Labute approximate surface area is 112 Å². The van der Waals surface area contributed by atoms with E-state index in [0.717, 1.165) is 19.5 Å². The molecule has 2 rings (SSSR count). The summed E-state index contributed by atoms with van der Waals surface area (Å²) in [5, 5.41) is 14.1. The van der Waals surface area contributed by atoms with E-state index in [1.54, 1.807) is 0 Å². The van der Waals surface area contributed by atoms with E-state index in [1.165, 1.54) is 19.0 Å². The quantitative estimate of drug-likeness (QED) is 0.600. The topological polar surface area (TPSA) is 84.2 Å². The highest BCUT2D eigenvalue weighted by Gasteiger charge is 2.27. The van der Waals surface area contributed by atoms with Crippen LogP contribution in [0.5, 0.6) is 0 Å². The van der Waals surface area contributed by atoms with Crippen LogP contribution in [0.4, 0.5) is 17.5 Å². The van der Waals surface area contributed by atoms with Crippen molar-refractivity contribution in [1.29, 1.82) is 0 Å². The second kappa shape index (κ2) is 5.81. The molecule has 0 amide bonds. The Balaban J connectivity index is 2.21. The molecule has 0 aromatic carbocycles. The lowest BCUT2D eigenvalue weighted by Gasteiger charge is -2.18. The molecule has 1 aromatic heterocycles. The SMILES string of the molecule is CCCNc1ncc([N+](=O)[O-])c(N(C)CC2CC2)n1. The summed E-state index contributed by atoms with van der Waals surface area (Å²) in [6, 6.07) is 0. The Kier molecular flexibility index (Phi) is 4.13. The lowest BCUT2D eigenvalue weighted by molar-refractivity contribution is -0.384. The molecule has 104 valence electrons. The number of aromatic nitrogens is 2. The highest BCUT2D eigenvalue weighted by molar-refractivity contribution is 5.58.